The second-order valence-electron chi connectivity index (χ2n) is 8.92. The minimum absolute atomic E-state index is 0.158. The van der Waals surface area contributed by atoms with Gasteiger partial charge in [0.15, 0.2) is 0 Å². The molecule has 0 radical (unpaired) electrons. The molecule has 2 aliphatic heterocycles. The summed E-state index contributed by atoms with van der Waals surface area (Å²) in [6, 6.07) is 5.86. The van der Waals surface area contributed by atoms with E-state index in [-0.39, 0.29) is 11.8 Å². The first-order valence-electron chi connectivity index (χ1n) is 11.9. The van der Waals surface area contributed by atoms with Crippen LogP contribution in [0.4, 0.5) is 17.3 Å². The van der Waals surface area contributed by atoms with E-state index in [9.17, 15) is 9.59 Å². The van der Waals surface area contributed by atoms with Gasteiger partial charge in [-0.15, -0.1) is 0 Å². The fraction of sp³-hybridized carbons (Fsp3) is 0.440. The number of nitrogens with zero attached hydrogens (tertiary/aromatic N) is 4. The van der Waals surface area contributed by atoms with E-state index < -0.39 is 0 Å². The molecule has 0 atom stereocenters. The van der Waals surface area contributed by atoms with E-state index in [1.807, 2.05) is 25.2 Å². The van der Waals surface area contributed by atoms with E-state index in [1.165, 1.54) is 6.33 Å². The van der Waals surface area contributed by atoms with Crippen LogP contribution in [0, 0.1) is 0 Å². The monoisotopic (exact) mass is 479 g/mol. The lowest BCUT2D eigenvalue weighted by atomic mass is 10.1. The number of carbonyl (C=O) groups is 2. The van der Waals surface area contributed by atoms with Crippen molar-refractivity contribution >= 4 is 34.7 Å². The third-order valence-electron chi connectivity index (χ3n) is 6.27. The lowest BCUT2D eigenvalue weighted by Gasteiger charge is -2.20. The molecule has 1 aromatic heterocycles. The summed E-state index contributed by atoms with van der Waals surface area (Å²) < 4.78 is 5.57. The first kappa shape index (κ1) is 24.5. The fourth-order valence-corrected chi connectivity index (χ4v) is 4.31. The van der Waals surface area contributed by atoms with Gasteiger partial charge in [0.05, 0.1) is 18.2 Å². The number of hydrogen-bond acceptors (Lipinski definition) is 8. The highest BCUT2D eigenvalue weighted by Gasteiger charge is 2.29. The van der Waals surface area contributed by atoms with Crippen LogP contribution in [0.1, 0.15) is 36.8 Å². The lowest BCUT2D eigenvalue weighted by Crippen LogP contribution is -2.29. The molecule has 2 bridgehead atoms. The van der Waals surface area contributed by atoms with Crippen LogP contribution in [-0.2, 0) is 16.1 Å². The number of hydrogen-bond donors (Lipinski definition) is 3. The van der Waals surface area contributed by atoms with Gasteiger partial charge >= 0.3 is 0 Å². The Kier molecular flexibility index (Phi) is 7.81. The van der Waals surface area contributed by atoms with Crippen LogP contribution in [0.25, 0.3) is 5.57 Å². The summed E-state index contributed by atoms with van der Waals surface area (Å²) >= 11 is 0. The van der Waals surface area contributed by atoms with Gasteiger partial charge in [0.2, 0.25) is 5.91 Å². The van der Waals surface area contributed by atoms with Gasteiger partial charge in [0, 0.05) is 50.6 Å². The zero-order valence-corrected chi connectivity index (χ0v) is 20.6. The van der Waals surface area contributed by atoms with Crippen molar-refractivity contribution in [1.82, 2.24) is 19.8 Å². The maximum absolute atomic E-state index is 12.7. The third kappa shape index (κ3) is 5.89. The summed E-state index contributed by atoms with van der Waals surface area (Å²) in [5, 5.41) is 9.38. The number of ether oxygens (including phenoxy) is 1. The highest BCUT2D eigenvalue weighted by atomic mass is 16.5. The van der Waals surface area contributed by atoms with Crippen molar-refractivity contribution in [2.45, 2.75) is 32.2 Å². The molecule has 2 aromatic rings. The Morgan fingerprint density at radius 2 is 1.86 bits per heavy atom. The van der Waals surface area contributed by atoms with Gasteiger partial charge < -0.3 is 30.5 Å². The summed E-state index contributed by atoms with van der Waals surface area (Å²) in [5.41, 5.74) is 2.97. The molecule has 0 saturated carbocycles. The molecule has 0 spiro atoms. The number of aromatic nitrogens is 2. The van der Waals surface area contributed by atoms with E-state index >= 15 is 0 Å². The van der Waals surface area contributed by atoms with Crippen LogP contribution in [0.2, 0.25) is 0 Å². The Balaban J connectivity index is 1.63. The van der Waals surface area contributed by atoms with Crippen LogP contribution in [-0.4, -0.2) is 72.4 Å². The zero-order chi connectivity index (χ0) is 24.8. The van der Waals surface area contributed by atoms with Crippen LogP contribution in [0.5, 0.6) is 5.75 Å². The minimum atomic E-state index is -0.239. The largest absolute Gasteiger partial charge is 0.496 e. The smallest absolute Gasteiger partial charge is 0.259 e. The predicted molar refractivity (Wildman–Crippen MR) is 136 cm³/mol. The minimum Gasteiger partial charge on any atom is -0.496 e. The maximum Gasteiger partial charge on any atom is 0.259 e. The van der Waals surface area contributed by atoms with Gasteiger partial charge in [-0.1, -0.05) is 0 Å². The molecule has 4 rings (SSSR count). The molecule has 0 fully saturated rings. The number of anilines is 3. The molecule has 10 heteroatoms. The van der Waals surface area contributed by atoms with Crippen molar-refractivity contribution in [1.29, 1.82) is 0 Å². The molecule has 35 heavy (non-hydrogen) atoms. The van der Waals surface area contributed by atoms with Crippen molar-refractivity contribution in [2.75, 3.05) is 56.8 Å². The van der Waals surface area contributed by atoms with Crippen molar-refractivity contribution in [3.63, 3.8) is 0 Å². The number of amides is 2. The standard InChI is InChI=1S/C25H33N7O3/c1-31-11-5-4-7-21(33)32(2)12-6-10-26-23-22-19(25(34)30-24(22)29-16-28-23)14-27-18-8-9-20(35-3)17(13-18)15-31/h8-9,13-14,16,27H,4-7,10-12,15H2,1-3H3,(H2,26,28,29,30,34)/b19-14-. The number of rotatable bonds is 1. The first-order valence-corrected chi connectivity index (χ1v) is 11.9. The molecule has 186 valence electrons. The van der Waals surface area contributed by atoms with Gasteiger partial charge in [0.1, 0.15) is 23.7 Å². The SMILES string of the molecule is COc1ccc2cc1CN(C)CCCCC(=O)N(C)CCCNc1ncnc3c1/C(=C/N2)C(=O)N3. The summed E-state index contributed by atoms with van der Waals surface area (Å²) in [6.07, 6.45) is 6.22. The fourth-order valence-electron chi connectivity index (χ4n) is 4.31. The topological polar surface area (TPSA) is 112 Å². The molecular weight excluding hydrogens is 446 g/mol. The molecule has 1 aromatic carbocycles. The highest BCUT2D eigenvalue weighted by molar-refractivity contribution is 6.32. The quantitative estimate of drug-likeness (QED) is 0.573. The summed E-state index contributed by atoms with van der Waals surface area (Å²) in [6.45, 7) is 2.84. The Morgan fingerprint density at radius 3 is 2.69 bits per heavy atom. The number of benzene rings is 1. The van der Waals surface area contributed by atoms with Gasteiger partial charge in [-0.25, -0.2) is 9.97 Å². The van der Waals surface area contributed by atoms with Gasteiger partial charge in [-0.05, 0) is 51.1 Å². The molecule has 2 amide bonds. The average molecular weight is 480 g/mol. The van der Waals surface area contributed by atoms with Gasteiger partial charge in [-0.2, -0.15) is 0 Å². The summed E-state index contributed by atoms with van der Waals surface area (Å²) in [5.74, 6) is 1.79. The maximum atomic E-state index is 12.7. The van der Waals surface area contributed by atoms with E-state index in [1.54, 1.807) is 18.2 Å². The Bertz CT molecular complexity index is 1120. The summed E-state index contributed by atoms with van der Waals surface area (Å²) in [4.78, 5) is 37.8. The zero-order valence-electron chi connectivity index (χ0n) is 20.6. The molecule has 2 aliphatic rings. The summed E-state index contributed by atoms with van der Waals surface area (Å²) in [7, 11) is 5.57. The Hall–Kier alpha value is -3.66. The highest BCUT2D eigenvalue weighted by Crippen LogP contribution is 2.34. The number of carbonyl (C=O) groups excluding carboxylic acids is 2. The van der Waals surface area contributed by atoms with Crippen LogP contribution >= 0.6 is 0 Å². The molecule has 10 nitrogen and oxygen atoms in total. The second-order valence-corrected chi connectivity index (χ2v) is 8.92. The lowest BCUT2D eigenvalue weighted by molar-refractivity contribution is -0.130. The number of nitrogens with one attached hydrogen (secondary N) is 3. The van der Waals surface area contributed by atoms with Crippen molar-refractivity contribution in [2.24, 2.45) is 0 Å². The first-order chi connectivity index (χ1) is 17.0. The van der Waals surface area contributed by atoms with Crippen molar-refractivity contribution in [3.05, 3.63) is 41.9 Å². The van der Waals surface area contributed by atoms with Crippen molar-refractivity contribution < 1.29 is 14.3 Å². The molecular formula is C25H33N7O3. The predicted octanol–water partition coefficient (Wildman–Crippen LogP) is 2.77. The molecule has 0 unspecified atom stereocenters. The number of fused-ring (bicyclic) bond motifs is 2. The molecule has 3 N–H and O–H groups in total. The average Bonchev–Trinajstić information content (AvgIpc) is 3.18. The normalized spacial score (nSPS) is 19.5. The van der Waals surface area contributed by atoms with Crippen LogP contribution in [0.3, 0.4) is 0 Å². The van der Waals surface area contributed by atoms with Gasteiger partial charge in [-0.3, -0.25) is 9.59 Å². The van der Waals surface area contributed by atoms with Crippen molar-refractivity contribution in [3.8, 4) is 5.75 Å². The second kappa shape index (κ2) is 11.2. The van der Waals surface area contributed by atoms with E-state index in [2.05, 4.69) is 37.9 Å². The molecule has 0 saturated heterocycles. The van der Waals surface area contributed by atoms with Crippen LogP contribution < -0.4 is 20.7 Å². The van der Waals surface area contributed by atoms with E-state index in [0.717, 1.165) is 42.8 Å². The number of methoxy groups -OCH3 is 1. The van der Waals surface area contributed by atoms with E-state index in [0.29, 0.717) is 48.8 Å². The van der Waals surface area contributed by atoms with E-state index in [4.69, 9.17) is 4.74 Å². The van der Waals surface area contributed by atoms with Crippen LogP contribution in [0.15, 0.2) is 30.7 Å². The molecule has 0 aliphatic carbocycles. The third-order valence-corrected chi connectivity index (χ3v) is 6.27. The molecule has 3 heterocycles. The van der Waals surface area contributed by atoms with Gasteiger partial charge in [0.25, 0.3) is 5.91 Å². The Morgan fingerprint density at radius 1 is 1.03 bits per heavy atom. The Labute approximate surface area is 205 Å².